The van der Waals surface area contributed by atoms with Gasteiger partial charge in [0.25, 0.3) is 0 Å². The largest absolute Gasteiger partial charge is 0.346 e. The van der Waals surface area contributed by atoms with Crippen LogP contribution in [0, 0.1) is 0 Å². The van der Waals surface area contributed by atoms with Gasteiger partial charge in [-0.15, -0.1) is 0 Å². The van der Waals surface area contributed by atoms with Gasteiger partial charge < -0.3 is 9.88 Å². The first-order chi connectivity index (χ1) is 8.60. The van der Waals surface area contributed by atoms with Crippen molar-refractivity contribution in [2.24, 2.45) is 0 Å². The summed E-state index contributed by atoms with van der Waals surface area (Å²) in [6, 6.07) is 2.45. The maximum absolute atomic E-state index is 12.2. The first-order valence-corrected chi connectivity index (χ1v) is 7.96. The maximum atomic E-state index is 12.2. The van der Waals surface area contributed by atoms with Crippen molar-refractivity contribution in [3.05, 3.63) is 18.0 Å². The summed E-state index contributed by atoms with van der Waals surface area (Å²) in [5.74, 6) is 0. The second-order valence-electron chi connectivity index (χ2n) is 5.23. The Labute approximate surface area is 108 Å². The summed E-state index contributed by atoms with van der Waals surface area (Å²) in [5.41, 5.74) is 1.05. The van der Waals surface area contributed by atoms with E-state index in [0.29, 0.717) is 17.5 Å². The van der Waals surface area contributed by atoms with Crippen molar-refractivity contribution in [2.75, 3.05) is 7.05 Å². The van der Waals surface area contributed by atoms with Gasteiger partial charge in [0.2, 0.25) is 10.0 Å². The predicted molar refractivity (Wildman–Crippen MR) is 68.8 cm³/mol. The second kappa shape index (κ2) is 4.36. The third-order valence-corrected chi connectivity index (χ3v) is 4.90. The first kappa shape index (κ1) is 12.2. The minimum Gasteiger partial charge on any atom is -0.346 e. The van der Waals surface area contributed by atoms with Gasteiger partial charge in [-0.25, -0.2) is 13.1 Å². The molecular weight excluding hydrogens is 250 g/mol. The number of aromatic nitrogens is 1. The lowest BCUT2D eigenvalue weighted by molar-refractivity contribution is 0.580. The minimum atomic E-state index is -3.32. The summed E-state index contributed by atoms with van der Waals surface area (Å²) in [6.45, 7) is 0.704. The molecule has 2 fully saturated rings. The molecule has 0 aromatic carbocycles. The van der Waals surface area contributed by atoms with Crippen molar-refractivity contribution >= 4 is 10.0 Å². The van der Waals surface area contributed by atoms with E-state index >= 15 is 0 Å². The molecule has 0 atom stereocenters. The number of nitrogens with zero attached hydrogens (tertiary/aromatic N) is 1. The van der Waals surface area contributed by atoms with Crippen molar-refractivity contribution in [1.29, 1.82) is 0 Å². The molecule has 6 heteroatoms. The van der Waals surface area contributed by atoms with E-state index in [0.717, 1.165) is 31.4 Å². The molecule has 2 N–H and O–H groups in total. The summed E-state index contributed by atoms with van der Waals surface area (Å²) in [4.78, 5) is 0.409. The lowest BCUT2D eigenvalue weighted by Gasteiger charge is -2.05. The molecule has 2 aliphatic rings. The van der Waals surface area contributed by atoms with Gasteiger partial charge in [-0.2, -0.15) is 0 Å². The van der Waals surface area contributed by atoms with Crippen LogP contribution in [0.25, 0.3) is 0 Å². The van der Waals surface area contributed by atoms with Crippen LogP contribution in [0.5, 0.6) is 0 Å². The highest BCUT2D eigenvalue weighted by Gasteiger charge is 2.31. The van der Waals surface area contributed by atoms with Crippen LogP contribution >= 0.6 is 0 Å². The highest BCUT2D eigenvalue weighted by Crippen LogP contribution is 2.37. The molecule has 5 nitrogen and oxygen atoms in total. The van der Waals surface area contributed by atoms with Gasteiger partial charge in [-0.3, -0.25) is 0 Å². The van der Waals surface area contributed by atoms with Crippen LogP contribution in [0.15, 0.2) is 17.2 Å². The standard InChI is InChI=1S/C12H19N3O2S/c1-13-7-11-6-12(8-15(11)10-4-5-10)18(16,17)14-9-2-3-9/h6,8-10,13-14H,2-5,7H2,1H3. The van der Waals surface area contributed by atoms with E-state index in [1.807, 2.05) is 7.05 Å². The topological polar surface area (TPSA) is 63.1 Å². The molecule has 18 heavy (non-hydrogen) atoms. The van der Waals surface area contributed by atoms with Crippen LogP contribution in [0.3, 0.4) is 0 Å². The number of nitrogens with one attached hydrogen (secondary N) is 2. The third kappa shape index (κ3) is 2.46. The summed E-state index contributed by atoms with van der Waals surface area (Å²) < 4.78 is 29.1. The van der Waals surface area contributed by atoms with Crippen LogP contribution in [-0.4, -0.2) is 26.1 Å². The smallest absolute Gasteiger partial charge is 0.242 e. The zero-order valence-corrected chi connectivity index (χ0v) is 11.3. The van der Waals surface area contributed by atoms with Crippen LogP contribution in [0.2, 0.25) is 0 Å². The Hall–Kier alpha value is -0.850. The number of hydrogen-bond donors (Lipinski definition) is 2. The molecule has 0 bridgehead atoms. The average molecular weight is 269 g/mol. The fourth-order valence-corrected chi connectivity index (χ4v) is 3.50. The second-order valence-corrected chi connectivity index (χ2v) is 6.95. The molecule has 1 heterocycles. The Morgan fingerprint density at radius 2 is 2.06 bits per heavy atom. The zero-order chi connectivity index (χ0) is 12.8. The molecule has 0 aliphatic heterocycles. The number of sulfonamides is 1. The lowest BCUT2D eigenvalue weighted by Crippen LogP contribution is -2.25. The van der Waals surface area contributed by atoms with Crippen LogP contribution in [-0.2, 0) is 16.6 Å². The Balaban J connectivity index is 1.88. The van der Waals surface area contributed by atoms with E-state index in [4.69, 9.17) is 0 Å². The molecule has 3 rings (SSSR count). The number of rotatable bonds is 6. The van der Waals surface area contributed by atoms with Gasteiger partial charge >= 0.3 is 0 Å². The normalized spacial score (nSPS) is 20.3. The highest BCUT2D eigenvalue weighted by molar-refractivity contribution is 7.89. The molecule has 2 aliphatic carbocycles. The van der Waals surface area contributed by atoms with E-state index in [1.165, 1.54) is 0 Å². The number of hydrogen-bond acceptors (Lipinski definition) is 3. The quantitative estimate of drug-likeness (QED) is 0.809. The average Bonchev–Trinajstić information content (AvgIpc) is 3.21. The summed E-state index contributed by atoms with van der Waals surface area (Å²) in [5, 5.41) is 3.09. The van der Waals surface area contributed by atoms with E-state index in [2.05, 4.69) is 14.6 Å². The van der Waals surface area contributed by atoms with Gasteiger partial charge in [-0.05, 0) is 38.8 Å². The zero-order valence-electron chi connectivity index (χ0n) is 10.5. The van der Waals surface area contributed by atoms with Gasteiger partial charge in [0.1, 0.15) is 0 Å². The van der Waals surface area contributed by atoms with Gasteiger partial charge in [0.05, 0.1) is 4.90 Å². The minimum absolute atomic E-state index is 0.159. The predicted octanol–water partition coefficient (Wildman–Crippen LogP) is 0.983. The van der Waals surface area contributed by atoms with Crippen molar-refractivity contribution in [3.8, 4) is 0 Å². The molecule has 0 unspecified atom stereocenters. The monoisotopic (exact) mass is 269 g/mol. The highest BCUT2D eigenvalue weighted by atomic mass is 32.2. The fraction of sp³-hybridized carbons (Fsp3) is 0.667. The summed E-state index contributed by atoms with van der Waals surface area (Å²) in [7, 11) is -1.45. The van der Waals surface area contributed by atoms with E-state index in [9.17, 15) is 8.42 Å². The molecule has 100 valence electrons. The van der Waals surface area contributed by atoms with Crippen molar-refractivity contribution in [2.45, 2.75) is 49.2 Å². The van der Waals surface area contributed by atoms with Gasteiger partial charge in [0.15, 0.2) is 0 Å². The van der Waals surface area contributed by atoms with Crippen molar-refractivity contribution in [3.63, 3.8) is 0 Å². The molecule has 0 amide bonds. The van der Waals surface area contributed by atoms with Gasteiger partial charge in [0, 0.05) is 30.5 Å². The maximum Gasteiger partial charge on any atom is 0.242 e. The van der Waals surface area contributed by atoms with E-state index < -0.39 is 10.0 Å². The fourth-order valence-electron chi connectivity index (χ4n) is 2.15. The van der Waals surface area contributed by atoms with Crippen LogP contribution < -0.4 is 10.0 Å². The molecule has 1 aromatic heterocycles. The van der Waals surface area contributed by atoms with E-state index in [1.54, 1.807) is 12.3 Å². The van der Waals surface area contributed by atoms with Crippen molar-refractivity contribution < 1.29 is 8.42 Å². The summed E-state index contributed by atoms with van der Waals surface area (Å²) in [6.07, 6.45) is 6.02. The first-order valence-electron chi connectivity index (χ1n) is 6.48. The Morgan fingerprint density at radius 1 is 1.33 bits per heavy atom. The van der Waals surface area contributed by atoms with Crippen LogP contribution in [0.4, 0.5) is 0 Å². The molecule has 0 radical (unpaired) electrons. The van der Waals surface area contributed by atoms with Crippen molar-refractivity contribution in [1.82, 2.24) is 14.6 Å². The molecular formula is C12H19N3O2S. The molecule has 0 spiro atoms. The van der Waals surface area contributed by atoms with Crippen LogP contribution in [0.1, 0.15) is 37.4 Å². The summed E-state index contributed by atoms with van der Waals surface area (Å²) >= 11 is 0. The molecule has 0 saturated heterocycles. The molecule has 2 saturated carbocycles. The Morgan fingerprint density at radius 3 is 2.61 bits per heavy atom. The molecule has 1 aromatic rings. The Kier molecular flexibility index (Phi) is 2.96. The third-order valence-electron chi connectivity index (χ3n) is 3.41. The SMILES string of the molecule is CNCc1cc(S(=O)(=O)NC2CC2)cn1C1CC1. The Bertz CT molecular complexity index is 542. The van der Waals surface area contributed by atoms with E-state index in [-0.39, 0.29) is 6.04 Å². The van der Waals surface area contributed by atoms with Gasteiger partial charge in [-0.1, -0.05) is 0 Å². The lowest BCUT2D eigenvalue weighted by atomic mass is 10.4.